The molecular formula is CH5CaI3NPbTi. The van der Waals surface area contributed by atoms with Gasteiger partial charge in [0.2, 0.25) is 0 Å². The minimum absolute atomic E-state index is 0. The van der Waals surface area contributed by atoms with Crippen molar-refractivity contribution in [3.8, 4) is 0 Å². The summed E-state index contributed by atoms with van der Waals surface area (Å²) < 4.78 is 5.99. The third-order valence-corrected chi connectivity index (χ3v) is 0. The fourth-order valence-corrected chi connectivity index (χ4v) is 0. The average molecular weight is 707 g/mol. The summed E-state index contributed by atoms with van der Waals surface area (Å²) in [7, 11) is 0. The molecule has 0 bridgehead atoms. The largest absolute Gasteiger partial charge is 0 e. The normalized spacial score (nSPS) is 5.25. The second-order valence-electron chi connectivity index (χ2n) is 0.214. The zero-order valence-corrected chi connectivity index (χ0v) is 15.8. The van der Waals surface area contributed by atoms with Crippen LogP contribution in [-0.4, -0.2) is 63.8 Å². The molecule has 0 atom stereocenters. The van der Waals surface area contributed by atoms with Crippen LogP contribution in [0.15, 0.2) is 0 Å². The van der Waals surface area contributed by atoms with Crippen LogP contribution in [0.25, 0.3) is 0 Å². The van der Waals surface area contributed by atoms with E-state index in [1.54, 1.807) is 0 Å². The van der Waals surface area contributed by atoms with Crippen molar-refractivity contribution < 1.29 is 21.7 Å². The van der Waals surface area contributed by atoms with Gasteiger partial charge in [0.25, 0.3) is 0 Å². The van der Waals surface area contributed by atoms with Crippen LogP contribution in [0.3, 0.4) is 0 Å². The summed E-state index contributed by atoms with van der Waals surface area (Å²) in [5, 5.41) is 0. The molecule has 0 amide bonds. The predicted molar refractivity (Wildman–Crippen MR) is 65.2 cm³/mol. The maximum atomic E-state index is 4.67. The molecule has 0 rings (SSSR count). The number of rotatable bonds is 0. The SMILES string of the molecule is I[C](I)I.[CaH2].[NH2][PbH].[Ti]. The molecule has 0 aromatic rings. The Labute approximate surface area is 152 Å². The Morgan fingerprint density at radius 1 is 1.12 bits per heavy atom. The third kappa shape index (κ3) is 43.8. The number of hydrogen-bond donors (Lipinski definition) is 1. The fraction of sp³-hybridized carbons (Fsp3) is 0. The first-order valence-corrected chi connectivity index (χ1v) is 6.73. The number of halogens is 3. The fourth-order valence-electron chi connectivity index (χ4n) is 0. The summed E-state index contributed by atoms with van der Waals surface area (Å²) in [6, 6.07) is 0. The summed E-state index contributed by atoms with van der Waals surface area (Å²) >= 11 is 7.37. The van der Waals surface area contributed by atoms with E-state index in [-0.39, 0.29) is 59.5 Å². The van der Waals surface area contributed by atoms with Crippen molar-refractivity contribution in [2.45, 2.75) is 0 Å². The zero-order chi connectivity index (χ0) is 5.58. The van der Waals surface area contributed by atoms with E-state index in [0.29, 0.717) is 26.1 Å². The van der Waals surface area contributed by atoms with Crippen LogP contribution in [0.5, 0.6) is 0 Å². The first-order valence-electron chi connectivity index (χ1n) is 0.900. The van der Waals surface area contributed by atoms with Gasteiger partial charge in [-0.05, 0) is 0 Å². The molecule has 0 aromatic carbocycles. The molecule has 1 nitrogen and oxygen atoms in total. The van der Waals surface area contributed by atoms with Gasteiger partial charge in [0.05, 0.1) is 0 Å². The quantitative estimate of drug-likeness (QED) is 0.290. The first-order chi connectivity index (χ1) is 2.73. The average Bonchev–Trinajstić information content (AvgIpc) is 1.41. The summed E-state index contributed by atoms with van der Waals surface area (Å²) in [5.74, 6) is 0. The van der Waals surface area contributed by atoms with Gasteiger partial charge in [-0.2, -0.15) is 0 Å². The topological polar surface area (TPSA) is 26.0 Å². The van der Waals surface area contributed by atoms with E-state index < -0.39 is 0 Å². The molecule has 0 saturated carbocycles. The van der Waals surface area contributed by atoms with Crippen LogP contribution in [0.1, 0.15) is 0 Å². The molecule has 0 saturated heterocycles. The van der Waals surface area contributed by atoms with Gasteiger partial charge in [-0.25, -0.2) is 0 Å². The smallest absolute Gasteiger partial charge is 0 e. The Balaban J connectivity index is -0.0000000183. The molecule has 8 heavy (non-hydrogen) atoms. The Bertz CT molecular complexity index is 24.0. The van der Waals surface area contributed by atoms with Gasteiger partial charge in [0.15, 0.2) is -0.0619 Å². The monoisotopic (exact) mass is 708 g/mol. The summed E-state index contributed by atoms with van der Waals surface area (Å²) in [4.78, 5) is 0. The van der Waals surface area contributed by atoms with E-state index >= 15 is 0 Å². The second kappa shape index (κ2) is 22.7. The maximum Gasteiger partial charge on any atom is 0 e. The van der Waals surface area contributed by atoms with Crippen molar-refractivity contribution >= 4 is 132 Å². The van der Waals surface area contributed by atoms with Gasteiger partial charge >= 0.3 is 67.3 Å². The standard InChI is InChI=1S/CI3.Ca.H2N.Pb.Ti.3H/c2-1(3)4;;;;;;;/h;;1H2;;;;;/q;;-1;+1;;;;. The summed E-state index contributed by atoms with van der Waals surface area (Å²) in [6.07, 6.45) is 0. The molecular weight excluding hydrogens is 702 g/mol. The van der Waals surface area contributed by atoms with Crippen LogP contribution < -0.4 is 3.54 Å². The maximum absolute atomic E-state index is 4.67. The van der Waals surface area contributed by atoms with E-state index in [1.165, 1.54) is -0.0619 Å². The van der Waals surface area contributed by atoms with E-state index in [1.807, 2.05) is 0 Å². The molecule has 0 aliphatic rings. The molecule has 0 spiro atoms. The summed E-state index contributed by atoms with van der Waals surface area (Å²) in [6.45, 7) is 0. The molecule has 0 aliphatic carbocycles. The van der Waals surface area contributed by atoms with E-state index in [9.17, 15) is 0 Å². The minimum atomic E-state index is 0. The Morgan fingerprint density at radius 2 is 1.12 bits per heavy atom. The van der Waals surface area contributed by atoms with Gasteiger partial charge in [0.1, 0.15) is 0 Å². The van der Waals surface area contributed by atoms with Gasteiger partial charge in [-0.15, -0.1) is 0 Å². The molecule has 2 N–H and O–H groups in total. The molecule has 0 fully saturated rings. The van der Waals surface area contributed by atoms with Crippen molar-refractivity contribution in [2.75, 3.05) is 0 Å². The van der Waals surface area contributed by atoms with Gasteiger partial charge < -0.3 is 0 Å². The van der Waals surface area contributed by atoms with Crippen LogP contribution >= 0.6 is 67.8 Å². The molecule has 0 aromatic heterocycles. The van der Waals surface area contributed by atoms with Gasteiger partial charge in [0, 0.05) is 21.7 Å². The minimum Gasteiger partial charge on any atom is 0 e. The summed E-state index contributed by atoms with van der Waals surface area (Å²) in [5.41, 5.74) is 0. The van der Waals surface area contributed by atoms with Gasteiger partial charge in [-0.1, -0.05) is 67.8 Å². The Hall–Kier alpha value is 5.05. The van der Waals surface area contributed by atoms with Crippen molar-refractivity contribution in [3.63, 3.8) is 0 Å². The van der Waals surface area contributed by atoms with E-state index in [4.69, 9.17) is 0 Å². The van der Waals surface area contributed by atoms with Crippen molar-refractivity contribution in [2.24, 2.45) is 3.54 Å². The zero-order valence-electron chi connectivity index (χ0n) is 3.29. The van der Waals surface area contributed by atoms with Crippen LogP contribution in [0.2, 0.25) is 0 Å². The molecule has 0 unspecified atom stereocenters. The van der Waals surface area contributed by atoms with Crippen molar-refractivity contribution in [1.82, 2.24) is 0 Å². The van der Waals surface area contributed by atoms with Crippen molar-refractivity contribution in [3.05, 3.63) is -0.0619 Å². The van der Waals surface area contributed by atoms with Gasteiger partial charge in [-0.3, -0.25) is 0 Å². The van der Waals surface area contributed by atoms with E-state index in [0.717, 1.165) is 0 Å². The number of hydrogen-bond acceptors (Lipinski definition) is 1. The first kappa shape index (κ1) is 23.1. The third-order valence-electron chi connectivity index (χ3n) is 0. The molecule has 0 heterocycles. The van der Waals surface area contributed by atoms with E-state index in [2.05, 4.69) is 71.3 Å². The van der Waals surface area contributed by atoms with Crippen LogP contribution in [0, 0.1) is -0.0619 Å². The molecule has 45 valence electrons. The molecule has 0 aliphatic heterocycles. The number of nitrogens with two attached hydrogens (primary N) is 1. The second-order valence-corrected chi connectivity index (χ2v) is 9.64. The Morgan fingerprint density at radius 3 is 1.12 bits per heavy atom. The molecule has 7 heteroatoms. The molecule has 3 radical (unpaired) electrons. The Kier molecular flexibility index (Phi) is 65.7. The predicted octanol–water partition coefficient (Wildman–Crippen LogP) is 0.581. The van der Waals surface area contributed by atoms with Crippen molar-refractivity contribution in [1.29, 1.82) is 0 Å². The van der Waals surface area contributed by atoms with Crippen LogP contribution in [0.4, 0.5) is 0 Å². The van der Waals surface area contributed by atoms with Crippen LogP contribution in [-0.2, 0) is 21.7 Å².